The van der Waals surface area contributed by atoms with Gasteiger partial charge >= 0.3 is 0 Å². The van der Waals surface area contributed by atoms with Crippen LogP contribution in [0.5, 0.6) is 0 Å². The summed E-state index contributed by atoms with van der Waals surface area (Å²) < 4.78 is -0.0368. The highest BCUT2D eigenvalue weighted by molar-refractivity contribution is 8.01. The molecule has 1 unspecified atom stereocenters. The van der Waals surface area contributed by atoms with E-state index in [1.807, 2.05) is 11.8 Å². The highest BCUT2D eigenvalue weighted by Crippen LogP contribution is 2.41. The third-order valence-electron chi connectivity index (χ3n) is 3.44. The molecule has 0 nitrogen and oxygen atoms in total. The number of thioether (sulfide) groups is 1. The summed E-state index contributed by atoms with van der Waals surface area (Å²) in [5.74, 6) is 4.12. The first-order valence-corrected chi connectivity index (χ1v) is 6.95. The lowest BCUT2D eigenvalue weighted by atomic mass is 9.90. The highest BCUT2D eigenvalue weighted by Gasteiger charge is 2.32. The molecule has 0 spiro atoms. The van der Waals surface area contributed by atoms with Gasteiger partial charge in [-0.25, -0.2) is 0 Å². The first kappa shape index (κ1) is 12.3. The smallest absolute Gasteiger partial charge is 0.0842 e. The van der Waals surface area contributed by atoms with Crippen LogP contribution in [-0.2, 0) is 6.42 Å². The third kappa shape index (κ3) is 2.76. The molecule has 0 saturated heterocycles. The van der Waals surface area contributed by atoms with E-state index < -0.39 is 0 Å². The maximum absolute atomic E-state index is 5.80. The van der Waals surface area contributed by atoms with Gasteiger partial charge in [0.1, 0.15) is 0 Å². The van der Waals surface area contributed by atoms with Crippen molar-refractivity contribution >= 4 is 11.8 Å². The van der Waals surface area contributed by atoms with Crippen LogP contribution in [0.2, 0.25) is 0 Å². The molecule has 0 aromatic heterocycles. The summed E-state index contributed by atoms with van der Waals surface area (Å²) in [6, 6.07) is 10.6. The molecule has 88 valence electrons. The second kappa shape index (κ2) is 5.02. The van der Waals surface area contributed by atoms with E-state index in [1.54, 1.807) is 0 Å². The summed E-state index contributed by atoms with van der Waals surface area (Å²) in [7, 11) is 0. The quantitative estimate of drug-likeness (QED) is 0.556. The molecule has 1 aliphatic heterocycles. The number of benzene rings is 1. The van der Waals surface area contributed by atoms with Gasteiger partial charge in [-0.1, -0.05) is 47.4 Å². The van der Waals surface area contributed by atoms with Gasteiger partial charge in [-0.2, -0.15) is 0 Å². The van der Waals surface area contributed by atoms with Crippen molar-refractivity contribution in [1.29, 1.82) is 0 Å². The molecule has 2 rings (SSSR count). The lowest BCUT2D eigenvalue weighted by Gasteiger charge is -2.33. The lowest BCUT2D eigenvalue weighted by molar-refractivity contribution is 0.703. The molecule has 1 atom stereocenters. The molecule has 17 heavy (non-hydrogen) atoms. The van der Waals surface area contributed by atoms with E-state index in [1.165, 1.54) is 16.7 Å². The van der Waals surface area contributed by atoms with Gasteiger partial charge in [-0.3, -0.25) is 0 Å². The van der Waals surface area contributed by atoms with Crippen LogP contribution in [0.1, 0.15) is 25.8 Å². The zero-order chi connectivity index (χ0) is 12.3. The zero-order valence-corrected chi connectivity index (χ0v) is 11.3. The van der Waals surface area contributed by atoms with Gasteiger partial charge in [-0.15, -0.1) is 18.2 Å². The van der Waals surface area contributed by atoms with Crippen molar-refractivity contribution in [1.82, 2.24) is 0 Å². The van der Waals surface area contributed by atoms with Crippen molar-refractivity contribution in [2.45, 2.75) is 31.4 Å². The Bertz CT molecular complexity index is 464. The van der Waals surface area contributed by atoms with Crippen molar-refractivity contribution < 1.29 is 0 Å². The van der Waals surface area contributed by atoms with E-state index in [-0.39, 0.29) is 4.75 Å². The fourth-order valence-electron chi connectivity index (χ4n) is 2.18. The number of rotatable bonds is 2. The second-order valence-corrected chi connectivity index (χ2v) is 6.19. The fourth-order valence-corrected chi connectivity index (χ4v) is 3.59. The molecule has 0 aliphatic carbocycles. The Morgan fingerprint density at radius 1 is 1.24 bits per heavy atom. The Hall–Kier alpha value is -1.13. The summed E-state index contributed by atoms with van der Waals surface area (Å²) in [5, 5.41) is 0. The Morgan fingerprint density at radius 2 is 1.94 bits per heavy atom. The van der Waals surface area contributed by atoms with Gasteiger partial charge in [0.05, 0.1) is 4.75 Å². The van der Waals surface area contributed by atoms with Crippen LogP contribution >= 0.6 is 11.8 Å². The van der Waals surface area contributed by atoms with E-state index in [4.69, 9.17) is 6.42 Å². The standard InChI is InChI=1S/C16H18S/c1-4-16(10-13(2)14(3)12-17-16)11-15-8-6-5-7-9-15/h1,5-9H,10-12H2,2-3H3. The molecule has 0 bridgehead atoms. The van der Waals surface area contributed by atoms with Gasteiger partial charge in [0, 0.05) is 5.75 Å². The zero-order valence-electron chi connectivity index (χ0n) is 10.5. The van der Waals surface area contributed by atoms with Gasteiger partial charge in [0.25, 0.3) is 0 Å². The summed E-state index contributed by atoms with van der Waals surface area (Å²) in [6.45, 7) is 4.43. The van der Waals surface area contributed by atoms with E-state index >= 15 is 0 Å². The molecular formula is C16H18S. The average molecular weight is 242 g/mol. The SMILES string of the molecule is C#CC1(Cc2ccccc2)CC(C)=C(C)CS1. The van der Waals surface area contributed by atoms with Crippen LogP contribution in [-0.4, -0.2) is 10.5 Å². The van der Waals surface area contributed by atoms with Crippen molar-refractivity contribution in [2.75, 3.05) is 5.75 Å². The first-order valence-electron chi connectivity index (χ1n) is 5.96. The maximum Gasteiger partial charge on any atom is 0.0842 e. The molecule has 0 radical (unpaired) electrons. The van der Waals surface area contributed by atoms with Crippen molar-refractivity contribution in [3.05, 3.63) is 47.0 Å². The Kier molecular flexibility index (Phi) is 3.64. The molecule has 1 heteroatoms. The number of hydrogen-bond acceptors (Lipinski definition) is 1. The topological polar surface area (TPSA) is 0 Å². The molecule has 1 aromatic carbocycles. The molecule has 0 fully saturated rings. The first-order chi connectivity index (χ1) is 8.15. The highest BCUT2D eigenvalue weighted by atomic mass is 32.2. The van der Waals surface area contributed by atoms with Gasteiger partial charge in [0.2, 0.25) is 0 Å². The second-order valence-electron chi connectivity index (χ2n) is 4.83. The third-order valence-corrected chi connectivity index (χ3v) is 4.98. The molecule has 1 heterocycles. The molecule has 0 saturated carbocycles. The van der Waals surface area contributed by atoms with Crippen LogP contribution in [0.4, 0.5) is 0 Å². The summed E-state index contributed by atoms with van der Waals surface area (Å²) in [5.41, 5.74) is 4.30. The lowest BCUT2D eigenvalue weighted by Crippen LogP contribution is -2.30. The van der Waals surface area contributed by atoms with Crippen LogP contribution < -0.4 is 0 Å². The molecule has 0 N–H and O–H groups in total. The number of allylic oxidation sites excluding steroid dienone is 1. The molecular weight excluding hydrogens is 224 g/mol. The van der Waals surface area contributed by atoms with Crippen molar-refractivity contribution in [3.8, 4) is 12.3 Å². The van der Waals surface area contributed by atoms with E-state index in [9.17, 15) is 0 Å². The Labute approximate surface area is 109 Å². The van der Waals surface area contributed by atoms with Gasteiger partial charge in [-0.05, 0) is 32.3 Å². The minimum atomic E-state index is -0.0368. The largest absolute Gasteiger partial charge is 0.137 e. The maximum atomic E-state index is 5.80. The fraction of sp³-hybridized carbons (Fsp3) is 0.375. The number of terminal acetylenes is 1. The van der Waals surface area contributed by atoms with E-state index in [2.05, 4.69) is 50.1 Å². The predicted octanol–water partition coefficient (Wildman–Crippen LogP) is 4.07. The molecule has 1 aromatic rings. The van der Waals surface area contributed by atoms with Crippen LogP contribution in [0.25, 0.3) is 0 Å². The molecule has 1 aliphatic rings. The van der Waals surface area contributed by atoms with Crippen molar-refractivity contribution in [2.24, 2.45) is 0 Å². The van der Waals surface area contributed by atoms with Gasteiger partial charge < -0.3 is 0 Å². The Balaban J connectivity index is 2.21. The van der Waals surface area contributed by atoms with Crippen LogP contribution in [0, 0.1) is 12.3 Å². The van der Waals surface area contributed by atoms with Crippen molar-refractivity contribution in [3.63, 3.8) is 0 Å². The minimum absolute atomic E-state index is 0.0368. The minimum Gasteiger partial charge on any atom is -0.137 e. The summed E-state index contributed by atoms with van der Waals surface area (Å²) in [4.78, 5) is 0. The van der Waals surface area contributed by atoms with Gasteiger partial charge in [0.15, 0.2) is 0 Å². The van der Waals surface area contributed by atoms with E-state index in [0.29, 0.717) is 0 Å². The van der Waals surface area contributed by atoms with E-state index in [0.717, 1.165) is 18.6 Å². The van der Waals surface area contributed by atoms with Crippen LogP contribution in [0.15, 0.2) is 41.5 Å². The monoisotopic (exact) mass is 242 g/mol. The Morgan fingerprint density at radius 3 is 2.53 bits per heavy atom. The van der Waals surface area contributed by atoms with Crippen LogP contribution in [0.3, 0.4) is 0 Å². The number of hydrogen-bond donors (Lipinski definition) is 0. The normalized spacial score (nSPS) is 24.5. The summed E-state index contributed by atoms with van der Waals surface area (Å²) in [6.07, 6.45) is 7.79. The average Bonchev–Trinajstić information content (AvgIpc) is 2.35. The predicted molar refractivity (Wildman–Crippen MR) is 77.2 cm³/mol. The molecule has 0 amide bonds. The summed E-state index contributed by atoms with van der Waals surface area (Å²) >= 11 is 1.92.